The summed E-state index contributed by atoms with van der Waals surface area (Å²) in [5.74, 6) is -1.07. The Balaban J connectivity index is 2.04. The molecule has 0 radical (unpaired) electrons. The van der Waals surface area contributed by atoms with Crippen LogP contribution in [0.3, 0.4) is 0 Å². The molecule has 138 valence electrons. The van der Waals surface area contributed by atoms with Crippen molar-refractivity contribution in [1.82, 2.24) is 5.32 Å². The summed E-state index contributed by atoms with van der Waals surface area (Å²) < 4.78 is 27.2. The van der Waals surface area contributed by atoms with Crippen molar-refractivity contribution in [3.05, 3.63) is 46.8 Å². The largest absolute Gasteiger partial charge is 0.453 e. The van der Waals surface area contributed by atoms with Crippen LogP contribution in [-0.4, -0.2) is 39.7 Å². The topological polar surface area (TPSA) is 119 Å². The number of amides is 3. The zero-order chi connectivity index (χ0) is 19.3. The van der Waals surface area contributed by atoms with Crippen LogP contribution in [0.1, 0.15) is 15.9 Å². The van der Waals surface area contributed by atoms with Crippen molar-refractivity contribution in [3.63, 3.8) is 0 Å². The third kappa shape index (κ3) is 5.14. The molecule has 0 fully saturated rings. The van der Waals surface area contributed by atoms with E-state index in [9.17, 15) is 22.8 Å². The Kier molecular flexibility index (Phi) is 6.11. The van der Waals surface area contributed by atoms with E-state index in [1.165, 1.54) is 18.2 Å². The molecule has 1 aromatic carbocycles. The molecule has 26 heavy (non-hydrogen) atoms. The third-order valence-corrected chi connectivity index (χ3v) is 5.24. The predicted octanol–water partition coefficient (Wildman–Crippen LogP) is 1.83. The minimum absolute atomic E-state index is 0.00000260. The van der Waals surface area contributed by atoms with Gasteiger partial charge >= 0.3 is 6.09 Å². The molecule has 0 atom stereocenters. The summed E-state index contributed by atoms with van der Waals surface area (Å²) in [7, 11) is -2.16. The van der Waals surface area contributed by atoms with Crippen LogP contribution >= 0.6 is 11.3 Å². The molecule has 0 saturated carbocycles. The van der Waals surface area contributed by atoms with Gasteiger partial charge in [0.15, 0.2) is 9.84 Å². The lowest BCUT2D eigenvalue weighted by molar-refractivity contribution is -0.115. The van der Waals surface area contributed by atoms with Gasteiger partial charge in [-0.1, -0.05) is 12.1 Å². The Labute approximate surface area is 154 Å². The summed E-state index contributed by atoms with van der Waals surface area (Å²) in [6.07, 6.45) is 0.205. The number of imide groups is 1. The maximum absolute atomic E-state index is 12.2. The van der Waals surface area contributed by atoms with Gasteiger partial charge in [0.1, 0.15) is 5.00 Å². The Morgan fingerprint density at radius 2 is 1.77 bits per heavy atom. The predicted molar refractivity (Wildman–Crippen MR) is 96.1 cm³/mol. The smallest absolute Gasteiger partial charge is 0.413 e. The number of methoxy groups -OCH3 is 1. The molecular formula is C16H16N2O6S2. The molecule has 8 nitrogen and oxygen atoms in total. The van der Waals surface area contributed by atoms with E-state index in [4.69, 9.17) is 0 Å². The van der Waals surface area contributed by atoms with Crippen LogP contribution in [0.15, 0.2) is 40.6 Å². The lowest BCUT2D eigenvalue weighted by Gasteiger charge is -2.07. The highest BCUT2D eigenvalue weighted by molar-refractivity contribution is 7.90. The van der Waals surface area contributed by atoms with Gasteiger partial charge in [0.05, 0.1) is 24.0 Å². The molecule has 2 rings (SSSR count). The van der Waals surface area contributed by atoms with Gasteiger partial charge in [0.2, 0.25) is 5.91 Å². The number of carbonyl (C=O) groups excluding carboxylic acids is 3. The fourth-order valence-corrected chi connectivity index (χ4v) is 3.44. The molecular weight excluding hydrogens is 380 g/mol. The SMILES string of the molecule is COC(=O)NC(=O)c1ccsc1NC(=O)Cc1ccc(S(C)(=O)=O)cc1. The highest BCUT2D eigenvalue weighted by Gasteiger charge is 2.17. The number of nitrogens with one attached hydrogen (secondary N) is 2. The van der Waals surface area contributed by atoms with Crippen LogP contribution in [0, 0.1) is 0 Å². The first kappa shape index (κ1) is 19.6. The van der Waals surface area contributed by atoms with E-state index >= 15 is 0 Å². The van der Waals surface area contributed by atoms with E-state index < -0.39 is 21.8 Å². The van der Waals surface area contributed by atoms with Crippen molar-refractivity contribution in [2.75, 3.05) is 18.7 Å². The quantitative estimate of drug-likeness (QED) is 0.796. The maximum atomic E-state index is 12.2. The van der Waals surface area contributed by atoms with E-state index in [1.54, 1.807) is 17.5 Å². The van der Waals surface area contributed by atoms with Crippen LogP contribution in [0.4, 0.5) is 9.80 Å². The van der Waals surface area contributed by atoms with Crippen molar-refractivity contribution >= 4 is 44.1 Å². The fourth-order valence-electron chi connectivity index (χ4n) is 2.01. The molecule has 0 aliphatic rings. The second-order valence-electron chi connectivity index (χ2n) is 5.25. The van der Waals surface area contributed by atoms with Crippen LogP contribution in [-0.2, 0) is 25.8 Å². The first-order chi connectivity index (χ1) is 12.2. The number of sulfone groups is 1. The van der Waals surface area contributed by atoms with E-state index in [0.29, 0.717) is 10.6 Å². The molecule has 0 spiro atoms. The average molecular weight is 396 g/mol. The number of hydrogen-bond acceptors (Lipinski definition) is 7. The minimum Gasteiger partial charge on any atom is -0.453 e. The first-order valence-corrected chi connectivity index (χ1v) is 10.0. The molecule has 1 aromatic heterocycles. The fraction of sp³-hybridized carbons (Fsp3) is 0.188. The molecule has 0 saturated heterocycles. The second-order valence-corrected chi connectivity index (χ2v) is 8.18. The highest BCUT2D eigenvalue weighted by atomic mass is 32.2. The van der Waals surface area contributed by atoms with Gasteiger partial charge in [-0.2, -0.15) is 0 Å². The number of rotatable bonds is 5. The van der Waals surface area contributed by atoms with Gasteiger partial charge < -0.3 is 10.1 Å². The number of carbonyl (C=O) groups is 3. The maximum Gasteiger partial charge on any atom is 0.413 e. The van der Waals surface area contributed by atoms with Gasteiger partial charge in [-0.05, 0) is 29.1 Å². The molecule has 0 bridgehead atoms. The summed E-state index contributed by atoms with van der Waals surface area (Å²) in [4.78, 5) is 35.4. The molecule has 0 aliphatic carbocycles. The van der Waals surface area contributed by atoms with Crippen LogP contribution < -0.4 is 10.6 Å². The third-order valence-electron chi connectivity index (χ3n) is 3.28. The number of ether oxygens (including phenoxy) is 1. The molecule has 2 N–H and O–H groups in total. The Morgan fingerprint density at radius 3 is 2.35 bits per heavy atom. The average Bonchev–Trinajstić information content (AvgIpc) is 3.02. The van der Waals surface area contributed by atoms with Crippen molar-refractivity contribution in [1.29, 1.82) is 0 Å². The van der Waals surface area contributed by atoms with Gasteiger partial charge in [-0.3, -0.25) is 14.9 Å². The number of anilines is 1. The van der Waals surface area contributed by atoms with E-state index in [2.05, 4.69) is 10.1 Å². The number of hydrogen-bond donors (Lipinski definition) is 2. The molecule has 0 aliphatic heterocycles. The molecule has 0 unspecified atom stereocenters. The van der Waals surface area contributed by atoms with Crippen LogP contribution in [0.25, 0.3) is 0 Å². The van der Waals surface area contributed by atoms with Gasteiger partial charge in [0, 0.05) is 6.26 Å². The summed E-state index contributed by atoms with van der Waals surface area (Å²) in [5, 5.41) is 6.51. The van der Waals surface area contributed by atoms with Crippen LogP contribution in [0.2, 0.25) is 0 Å². The number of benzene rings is 1. The van der Waals surface area contributed by atoms with Gasteiger partial charge in [-0.15, -0.1) is 11.3 Å². The Bertz CT molecular complexity index is 932. The second kappa shape index (κ2) is 8.11. The van der Waals surface area contributed by atoms with E-state index in [-0.39, 0.29) is 22.8 Å². The van der Waals surface area contributed by atoms with Crippen molar-refractivity contribution < 1.29 is 27.5 Å². The summed E-state index contributed by atoms with van der Waals surface area (Å²) in [6.45, 7) is 0. The van der Waals surface area contributed by atoms with Crippen LogP contribution in [0.5, 0.6) is 0 Å². The first-order valence-electron chi connectivity index (χ1n) is 7.26. The Morgan fingerprint density at radius 1 is 1.12 bits per heavy atom. The zero-order valence-corrected chi connectivity index (χ0v) is 15.6. The monoisotopic (exact) mass is 396 g/mol. The summed E-state index contributed by atoms with van der Waals surface area (Å²) in [5.41, 5.74) is 0.758. The molecule has 3 amide bonds. The number of thiophene rings is 1. The van der Waals surface area contributed by atoms with Crippen molar-refractivity contribution in [2.45, 2.75) is 11.3 Å². The minimum atomic E-state index is -3.30. The molecule has 1 heterocycles. The van der Waals surface area contributed by atoms with Crippen molar-refractivity contribution in [3.8, 4) is 0 Å². The molecule has 10 heteroatoms. The zero-order valence-electron chi connectivity index (χ0n) is 13.9. The summed E-state index contributed by atoms with van der Waals surface area (Å²) >= 11 is 1.13. The van der Waals surface area contributed by atoms with Gasteiger partial charge in [-0.25, -0.2) is 13.2 Å². The van der Waals surface area contributed by atoms with E-state index in [1.807, 2.05) is 5.32 Å². The number of alkyl carbamates (subject to hydrolysis) is 1. The lowest BCUT2D eigenvalue weighted by atomic mass is 10.1. The molecule has 2 aromatic rings. The van der Waals surface area contributed by atoms with Crippen molar-refractivity contribution in [2.24, 2.45) is 0 Å². The summed E-state index contributed by atoms with van der Waals surface area (Å²) in [6, 6.07) is 7.43. The normalized spacial score (nSPS) is 10.8. The lowest BCUT2D eigenvalue weighted by Crippen LogP contribution is -2.30. The van der Waals surface area contributed by atoms with Gasteiger partial charge in [0.25, 0.3) is 5.91 Å². The van der Waals surface area contributed by atoms with E-state index in [0.717, 1.165) is 24.7 Å². The Hall–Kier alpha value is -2.72. The standard InChI is InChI=1S/C16H16N2O6S2/c1-24-16(21)18-14(20)12-7-8-25-15(12)17-13(19)9-10-3-5-11(6-4-10)26(2,22)23/h3-8H,9H2,1-2H3,(H,17,19)(H,18,20,21). The highest BCUT2D eigenvalue weighted by Crippen LogP contribution is 2.23.